The average Bonchev–Trinajstić information content (AvgIpc) is 2.67. The summed E-state index contributed by atoms with van der Waals surface area (Å²) in [4.78, 5) is 64.7. The number of rotatable bonds is 11. The highest BCUT2D eigenvalue weighted by Crippen LogP contribution is 2.10. The van der Waals surface area contributed by atoms with Gasteiger partial charge in [0.2, 0.25) is 11.8 Å². The van der Waals surface area contributed by atoms with Gasteiger partial charge in [-0.2, -0.15) is 0 Å². The number of amides is 2. The van der Waals surface area contributed by atoms with Gasteiger partial charge in [-0.25, -0.2) is 0 Å². The molecule has 0 spiro atoms. The van der Waals surface area contributed by atoms with Crippen LogP contribution in [-0.4, -0.2) is 137 Å². The number of ketones is 1. The highest BCUT2D eigenvalue weighted by Gasteiger charge is 2.27. The van der Waals surface area contributed by atoms with Crippen LogP contribution < -0.4 is 11.5 Å². The number of carboxylic acids is 2. The van der Waals surface area contributed by atoms with Crippen LogP contribution in [0.2, 0.25) is 0 Å². The lowest BCUT2D eigenvalue weighted by atomic mass is 10.1. The van der Waals surface area contributed by atoms with Gasteiger partial charge in [-0.15, -0.1) is 0 Å². The molecule has 0 aromatic rings. The highest BCUT2D eigenvalue weighted by molar-refractivity contribution is 5.78. The molecule has 0 aromatic carbocycles. The van der Waals surface area contributed by atoms with Gasteiger partial charge in [-0.05, 0) is 13.3 Å². The second-order valence-electron chi connectivity index (χ2n) is 8.29. The summed E-state index contributed by atoms with van der Waals surface area (Å²) in [5.74, 6) is -3.25. The van der Waals surface area contributed by atoms with Crippen LogP contribution in [0.3, 0.4) is 0 Å². The maximum absolute atomic E-state index is 12.0. The Labute approximate surface area is 193 Å². The van der Waals surface area contributed by atoms with Crippen molar-refractivity contribution in [2.24, 2.45) is 11.5 Å². The lowest BCUT2D eigenvalue weighted by molar-refractivity contribution is -0.144. The zero-order valence-corrected chi connectivity index (χ0v) is 19.1. The van der Waals surface area contributed by atoms with Crippen molar-refractivity contribution in [2.75, 3.05) is 72.0 Å². The minimum absolute atomic E-state index is 0.0479. The number of carbonyl (C=O) groups excluding carboxylic acids is 3. The first-order chi connectivity index (χ1) is 15.5. The molecule has 0 aliphatic carbocycles. The standard InChI is InChI=1S/C20H36N6O7/c1-15(27)2-3-16(20(32)33)26-10-8-23(12-17(21)28)4-6-25(14-19(30)31)7-5-24(9-11-26)13-18(22)29/h16H,2-14H2,1H3,(H2,21,28)(H2,22,29)(H,30,31)(H,32,33). The summed E-state index contributed by atoms with van der Waals surface area (Å²) >= 11 is 0. The molecule has 1 unspecified atom stereocenters. The quantitative estimate of drug-likeness (QED) is 0.241. The van der Waals surface area contributed by atoms with Crippen molar-refractivity contribution in [1.29, 1.82) is 0 Å². The number of hydrogen-bond donors (Lipinski definition) is 4. The number of nitrogens with zero attached hydrogens (tertiary/aromatic N) is 4. The van der Waals surface area contributed by atoms with Gasteiger partial charge in [0.1, 0.15) is 11.8 Å². The summed E-state index contributed by atoms with van der Waals surface area (Å²) in [6, 6.07) is -0.911. The molecule has 0 aromatic heterocycles. The molecule has 2 amide bonds. The molecule has 0 saturated carbocycles. The first-order valence-corrected chi connectivity index (χ1v) is 10.9. The van der Waals surface area contributed by atoms with Crippen molar-refractivity contribution in [2.45, 2.75) is 25.8 Å². The maximum atomic E-state index is 12.0. The number of primary amides is 2. The van der Waals surface area contributed by atoms with E-state index in [0.717, 1.165) is 0 Å². The monoisotopic (exact) mass is 472 g/mol. The maximum Gasteiger partial charge on any atom is 0.320 e. The molecule has 6 N–H and O–H groups in total. The average molecular weight is 473 g/mol. The van der Waals surface area contributed by atoms with Crippen molar-refractivity contribution >= 4 is 29.5 Å². The number of carbonyl (C=O) groups is 5. The van der Waals surface area contributed by atoms with Gasteiger partial charge in [-0.3, -0.25) is 38.8 Å². The summed E-state index contributed by atoms with van der Waals surface area (Å²) in [6.45, 7) is 3.71. The van der Waals surface area contributed by atoms with Crippen LogP contribution >= 0.6 is 0 Å². The third-order valence-corrected chi connectivity index (χ3v) is 5.49. The van der Waals surface area contributed by atoms with E-state index in [1.807, 2.05) is 0 Å². The number of nitrogens with two attached hydrogens (primary N) is 2. The molecule has 1 aliphatic rings. The van der Waals surface area contributed by atoms with Gasteiger partial charge >= 0.3 is 11.9 Å². The van der Waals surface area contributed by atoms with E-state index in [1.54, 1.807) is 19.6 Å². The van der Waals surface area contributed by atoms with Crippen LogP contribution in [0.15, 0.2) is 0 Å². The van der Waals surface area contributed by atoms with E-state index in [4.69, 9.17) is 11.5 Å². The molecule has 1 aliphatic heterocycles. The van der Waals surface area contributed by atoms with Crippen LogP contribution in [0, 0.1) is 0 Å². The van der Waals surface area contributed by atoms with Crippen LogP contribution in [0.5, 0.6) is 0 Å². The van der Waals surface area contributed by atoms with E-state index in [2.05, 4.69) is 0 Å². The van der Waals surface area contributed by atoms with E-state index in [0.29, 0.717) is 39.3 Å². The Morgan fingerprint density at radius 1 is 0.727 bits per heavy atom. The summed E-state index contributed by atoms with van der Waals surface area (Å²) in [6.07, 6.45) is 0.260. The lowest BCUT2D eigenvalue weighted by Gasteiger charge is -2.35. The predicted molar refractivity (Wildman–Crippen MR) is 118 cm³/mol. The van der Waals surface area contributed by atoms with Gasteiger partial charge in [0.15, 0.2) is 0 Å². The smallest absolute Gasteiger partial charge is 0.320 e. The fourth-order valence-electron chi connectivity index (χ4n) is 3.77. The molecule has 1 atom stereocenters. The topological polar surface area (TPSA) is 191 Å². The molecule has 188 valence electrons. The molecule has 1 saturated heterocycles. The molecule has 1 heterocycles. The summed E-state index contributed by atoms with van der Waals surface area (Å²) in [5, 5.41) is 19.0. The number of carboxylic acid groups (broad SMARTS) is 2. The predicted octanol–water partition coefficient (Wildman–Crippen LogP) is -2.91. The first-order valence-electron chi connectivity index (χ1n) is 10.9. The lowest BCUT2D eigenvalue weighted by Crippen LogP contribution is -2.52. The number of Topliss-reactive ketones (excluding diaryl/α,β-unsaturated/α-hetero) is 1. The van der Waals surface area contributed by atoms with Crippen LogP contribution in [0.4, 0.5) is 0 Å². The molecule has 33 heavy (non-hydrogen) atoms. The van der Waals surface area contributed by atoms with Gasteiger partial charge in [-0.1, -0.05) is 0 Å². The first kappa shape index (κ1) is 28.4. The van der Waals surface area contributed by atoms with E-state index < -0.39 is 29.8 Å². The second kappa shape index (κ2) is 14.5. The zero-order valence-electron chi connectivity index (χ0n) is 19.1. The Balaban J connectivity index is 3.11. The van der Waals surface area contributed by atoms with Crippen molar-refractivity contribution in [3.63, 3.8) is 0 Å². The third-order valence-electron chi connectivity index (χ3n) is 5.49. The number of hydrogen-bond acceptors (Lipinski definition) is 9. The minimum atomic E-state index is -1.06. The Kier molecular flexibility index (Phi) is 12.5. The van der Waals surface area contributed by atoms with Gasteiger partial charge in [0, 0.05) is 58.8 Å². The largest absolute Gasteiger partial charge is 0.480 e. The zero-order chi connectivity index (χ0) is 25.0. The number of aliphatic carboxylic acids is 2. The Morgan fingerprint density at radius 3 is 1.45 bits per heavy atom. The van der Waals surface area contributed by atoms with E-state index in [1.165, 1.54) is 6.92 Å². The molecule has 1 rings (SSSR count). The second-order valence-corrected chi connectivity index (χ2v) is 8.29. The van der Waals surface area contributed by atoms with Gasteiger partial charge < -0.3 is 26.5 Å². The molecule has 13 heteroatoms. The summed E-state index contributed by atoms with van der Waals surface area (Å²) < 4.78 is 0. The molecular weight excluding hydrogens is 436 g/mol. The molecule has 13 nitrogen and oxygen atoms in total. The van der Waals surface area contributed by atoms with E-state index in [-0.39, 0.29) is 51.3 Å². The SMILES string of the molecule is CC(=O)CCC(C(=O)O)N1CCN(CC(N)=O)CCN(CC(=O)O)CCN(CC(N)=O)CC1. The summed E-state index contributed by atoms with van der Waals surface area (Å²) in [7, 11) is 0. The fraction of sp³-hybridized carbons (Fsp3) is 0.750. The third kappa shape index (κ3) is 12.3. The van der Waals surface area contributed by atoms with Crippen molar-refractivity contribution in [3.8, 4) is 0 Å². The van der Waals surface area contributed by atoms with E-state index >= 15 is 0 Å². The van der Waals surface area contributed by atoms with Crippen molar-refractivity contribution in [1.82, 2.24) is 19.6 Å². The van der Waals surface area contributed by atoms with Gasteiger partial charge in [0.05, 0.1) is 19.6 Å². The summed E-state index contributed by atoms with van der Waals surface area (Å²) in [5.41, 5.74) is 10.7. The van der Waals surface area contributed by atoms with Crippen LogP contribution in [0.1, 0.15) is 19.8 Å². The highest BCUT2D eigenvalue weighted by atomic mass is 16.4. The van der Waals surface area contributed by atoms with E-state index in [9.17, 15) is 34.2 Å². The molecule has 0 bridgehead atoms. The normalized spacial score (nSPS) is 19.2. The fourth-order valence-corrected chi connectivity index (χ4v) is 3.77. The molecule has 0 radical (unpaired) electrons. The van der Waals surface area contributed by atoms with Crippen molar-refractivity contribution in [3.05, 3.63) is 0 Å². The molecule has 1 fully saturated rings. The van der Waals surface area contributed by atoms with Gasteiger partial charge in [0.25, 0.3) is 0 Å². The Morgan fingerprint density at radius 2 is 1.12 bits per heavy atom. The van der Waals surface area contributed by atoms with Crippen LogP contribution in [0.25, 0.3) is 0 Å². The molecular formula is C20H36N6O7. The Bertz CT molecular complexity index is 672. The van der Waals surface area contributed by atoms with Crippen LogP contribution in [-0.2, 0) is 24.0 Å². The van der Waals surface area contributed by atoms with Crippen molar-refractivity contribution < 1.29 is 34.2 Å². The Hall–Kier alpha value is -2.61. The minimum Gasteiger partial charge on any atom is -0.480 e.